The summed E-state index contributed by atoms with van der Waals surface area (Å²) in [6, 6.07) is 9.34. The molecular weight excluding hydrogens is 244 g/mol. The molecule has 1 aromatic carbocycles. The van der Waals surface area contributed by atoms with Gasteiger partial charge in [0.1, 0.15) is 10.7 Å². The summed E-state index contributed by atoms with van der Waals surface area (Å²) in [6.45, 7) is 0.451. The molecular formula is C14H14N2O3. The number of hydrogen-bond donors (Lipinski definition) is 1. The van der Waals surface area contributed by atoms with Gasteiger partial charge in [0.2, 0.25) is 0 Å². The zero-order chi connectivity index (χ0) is 13.2. The molecule has 0 unspecified atom stereocenters. The van der Waals surface area contributed by atoms with Gasteiger partial charge in [-0.1, -0.05) is 6.07 Å². The molecule has 0 radical (unpaired) electrons. The molecule has 5 heteroatoms. The van der Waals surface area contributed by atoms with Crippen LogP contribution in [0.25, 0.3) is 0 Å². The molecule has 98 valence electrons. The van der Waals surface area contributed by atoms with Gasteiger partial charge in [0, 0.05) is 5.69 Å². The van der Waals surface area contributed by atoms with E-state index in [1.165, 1.54) is 30.0 Å². The van der Waals surface area contributed by atoms with Crippen molar-refractivity contribution in [2.45, 2.75) is 25.8 Å². The second-order valence-corrected chi connectivity index (χ2v) is 4.69. The fraction of sp³-hybridized carbons (Fsp3) is 0.286. The highest BCUT2D eigenvalue weighted by molar-refractivity contribution is 5.50. The summed E-state index contributed by atoms with van der Waals surface area (Å²) in [5.41, 5.74) is 3.86. The van der Waals surface area contributed by atoms with Gasteiger partial charge in [0.25, 0.3) is 0 Å². The van der Waals surface area contributed by atoms with Crippen LogP contribution in [0.4, 0.5) is 11.6 Å². The minimum absolute atomic E-state index is 0.217. The van der Waals surface area contributed by atoms with Gasteiger partial charge in [0.05, 0.1) is 12.6 Å². The highest BCUT2D eigenvalue weighted by atomic mass is 16.6. The maximum Gasteiger partial charge on any atom is 0.433 e. The number of benzene rings is 1. The lowest BCUT2D eigenvalue weighted by atomic mass is 10.1. The Balaban J connectivity index is 1.67. The summed E-state index contributed by atoms with van der Waals surface area (Å²) in [5, 5.41) is 13.7. The summed E-state index contributed by atoms with van der Waals surface area (Å²) >= 11 is 0. The van der Waals surface area contributed by atoms with E-state index < -0.39 is 4.92 Å². The van der Waals surface area contributed by atoms with E-state index in [0.717, 1.165) is 12.1 Å². The normalized spacial score (nSPS) is 13.3. The van der Waals surface area contributed by atoms with Crippen molar-refractivity contribution in [3.05, 3.63) is 57.3 Å². The first-order valence-corrected chi connectivity index (χ1v) is 6.31. The van der Waals surface area contributed by atoms with E-state index in [9.17, 15) is 10.1 Å². The van der Waals surface area contributed by atoms with Crippen molar-refractivity contribution >= 4 is 11.6 Å². The summed E-state index contributed by atoms with van der Waals surface area (Å²) in [5.74, 6) is 0.345. The topological polar surface area (TPSA) is 68.3 Å². The van der Waals surface area contributed by atoms with E-state index in [-0.39, 0.29) is 5.88 Å². The third-order valence-electron chi connectivity index (χ3n) is 3.39. The van der Waals surface area contributed by atoms with E-state index in [0.29, 0.717) is 12.3 Å². The van der Waals surface area contributed by atoms with Gasteiger partial charge in [-0.15, -0.1) is 0 Å². The van der Waals surface area contributed by atoms with E-state index in [1.54, 1.807) is 6.07 Å². The van der Waals surface area contributed by atoms with Crippen molar-refractivity contribution in [3.8, 4) is 0 Å². The van der Waals surface area contributed by atoms with Crippen molar-refractivity contribution in [1.82, 2.24) is 0 Å². The molecule has 1 heterocycles. The molecule has 0 atom stereocenters. The van der Waals surface area contributed by atoms with Crippen molar-refractivity contribution in [1.29, 1.82) is 0 Å². The minimum Gasteiger partial charge on any atom is -0.404 e. The Hall–Kier alpha value is -2.30. The van der Waals surface area contributed by atoms with Crippen molar-refractivity contribution in [2.75, 3.05) is 5.32 Å². The SMILES string of the molecule is O=[N+]([O-])c1ccc(CNc2ccc3c(c2)CCC3)o1. The molecule has 0 bridgehead atoms. The lowest BCUT2D eigenvalue weighted by Crippen LogP contribution is -1.98. The number of anilines is 1. The number of hydrogen-bond acceptors (Lipinski definition) is 4. The fourth-order valence-corrected chi connectivity index (χ4v) is 2.43. The molecule has 0 fully saturated rings. The molecule has 1 aromatic heterocycles. The summed E-state index contributed by atoms with van der Waals surface area (Å²) in [4.78, 5) is 9.98. The summed E-state index contributed by atoms with van der Waals surface area (Å²) in [7, 11) is 0. The molecule has 0 saturated carbocycles. The lowest BCUT2D eigenvalue weighted by molar-refractivity contribution is -0.402. The van der Waals surface area contributed by atoms with Crippen LogP contribution in [0.15, 0.2) is 34.7 Å². The lowest BCUT2D eigenvalue weighted by Gasteiger charge is -2.06. The Kier molecular flexibility index (Phi) is 2.95. The molecule has 1 aliphatic rings. The Morgan fingerprint density at radius 3 is 2.84 bits per heavy atom. The number of aryl methyl sites for hydroxylation is 2. The van der Waals surface area contributed by atoms with Crippen molar-refractivity contribution in [2.24, 2.45) is 0 Å². The number of rotatable bonds is 4. The zero-order valence-electron chi connectivity index (χ0n) is 10.4. The van der Waals surface area contributed by atoms with E-state index >= 15 is 0 Å². The van der Waals surface area contributed by atoms with E-state index in [1.807, 2.05) is 6.07 Å². The average molecular weight is 258 g/mol. The predicted octanol–water partition coefficient (Wildman–Crippen LogP) is 3.29. The minimum atomic E-state index is -0.529. The Morgan fingerprint density at radius 2 is 2.05 bits per heavy atom. The summed E-state index contributed by atoms with van der Waals surface area (Å²) < 4.78 is 5.10. The quantitative estimate of drug-likeness (QED) is 0.675. The molecule has 1 N–H and O–H groups in total. The second kappa shape index (κ2) is 4.76. The Labute approximate surface area is 110 Å². The Morgan fingerprint density at radius 1 is 1.21 bits per heavy atom. The Bertz CT molecular complexity index is 619. The predicted molar refractivity (Wildman–Crippen MR) is 71.2 cm³/mol. The average Bonchev–Trinajstić information content (AvgIpc) is 3.04. The molecule has 19 heavy (non-hydrogen) atoms. The number of nitrogens with one attached hydrogen (secondary N) is 1. The van der Waals surface area contributed by atoms with Crippen LogP contribution < -0.4 is 5.32 Å². The summed E-state index contributed by atoms with van der Waals surface area (Å²) in [6.07, 6.45) is 3.53. The van der Waals surface area contributed by atoms with Crippen LogP contribution in [0, 0.1) is 10.1 Å². The van der Waals surface area contributed by atoms with Crippen molar-refractivity contribution < 1.29 is 9.34 Å². The molecule has 0 aliphatic heterocycles. The van der Waals surface area contributed by atoms with Crippen LogP contribution >= 0.6 is 0 Å². The fourth-order valence-electron chi connectivity index (χ4n) is 2.43. The molecule has 3 rings (SSSR count). The molecule has 0 spiro atoms. The van der Waals surface area contributed by atoms with Crippen LogP contribution in [-0.4, -0.2) is 4.92 Å². The van der Waals surface area contributed by atoms with Crippen LogP contribution in [0.3, 0.4) is 0 Å². The molecule has 2 aromatic rings. The molecule has 0 amide bonds. The number of fused-ring (bicyclic) bond motifs is 1. The van der Waals surface area contributed by atoms with Gasteiger partial charge in [-0.25, -0.2) is 0 Å². The van der Waals surface area contributed by atoms with Crippen LogP contribution in [-0.2, 0) is 19.4 Å². The standard InChI is InChI=1S/C14H14N2O3/c17-16(18)14-7-6-13(19-14)9-15-12-5-4-10-2-1-3-11(10)8-12/h4-8,15H,1-3,9H2. The number of furan rings is 1. The van der Waals surface area contributed by atoms with E-state index in [2.05, 4.69) is 17.4 Å². The van der Waals surface area contributed by atoms with E-state index in [4.69, 9.17) is 4.42 Å². The number of nitrogens with zero attached hydrogens (tertiary/aromatic N) is 1. The van der Waals surface area contributed by atoms with Gasteiger partial charge in [0.15, 0.2) is 0 Å². The van der Waals surface area contributed by atoms with Crippen LogP contribution in [0.1, 0.15) is 23.3 Å². The van der Waals surface area contributed by atoms with Crippen molar-refractivity contribution in [3.63, 3.8) is 0 Å². The largest absolute Gasteiger partial charge is 0.433 e. The molecule has 0 saturated heterocycles. The molecule has 5 nitrogen and oxygen atoms in total. The van der Waals surface area contributed by atoms with Gasteiger partial charge in [-0.05, 0) is 48.6 Å². The van der Waals surface area contributed by atoms with Crippen LogP contribution in [0.5, 0.6) is 0 Å². The maximum absolute atomic E-state index is 10.5. The smallest absolute Gasteiger partial charge is 0.404 e. The van der Waals surface area contributed by atoms with Gasteiger partial charge < -0.3 is 9.73 Å². The second-order valence-electron chi connectivity index (χ2n) is 4.69. The number of nitro groups is 1. The third-order valence-corrected chi connectivity index (χ3v) is 3.39. The monoisotopic (exact) mass is 258 g/mol. The highest BCUT2D eigenvalue weighted by Gasteiger charge is 2.13. The zero-order valence-corrected chi connectivity index (χ0v) is 10.4. The first kappa shape index (κ1) is 11.8. The highest BCUT2D eigenvalue weighted by Crippen LogP contribution is 2.25. The van der Waals surface area contributed by atoms with Gasteiger partial charge >= 0.3 is 5.88 Å². The first-order chi connectivity index (χ1) is 9.22. The molecule has 1 aliphatic carbocycles. The third kappa shape index (κ3) is 2.45. The maximum atomic E-state index is 10.5. The van der Waals surface area contributed by atoms with Gasteiger partial charge in [-0.3, -0.25) is 10.1 Å². The van der Waals surface area contributed by atoms with Crippen LogP contribution in [0.2, 0.25) is 0 Å². The van der Waals surface area contributed by atoms with Gasteiger partial charge in [-0.2, -0.15) is 0 Å². The first-order valence-electron chi connectivity index (χ1n) is 6.31.